The maximum atomic E-state index is 13.0. The van der Waals surface area contributed by atoms with Gasteiger partial charge >= 0.3 is 6.09 Å². The molecule has 7 nitrogen and oxygen atoms in total. The second kappa shape index (κ2) is 6.64. The Morgan fingerprint density at radius 3 is 2.84 bits per heavy atom. The van der Waals surface area contributed by atoms with Gasteiger partial charge in [0.05, 0.1) is 30.6 Å². The topological polar surface area (TPSA) is 99.2 Å². The van der Waals surface area contributed by atoms with Gasteiger partial charge < -0.3 is 15.8 Å². The van der Waals surface area contributed by atoms with Crippen LogP contribution in [0.5, 0.6) is 0 Å². The van der Waals surface area contributed by atoms with Crippen LogP contribution in [-0.2, 0) is 11.3 Å². The number of amides is 1. The maximum absolute atomic E-state index is 13.0. The van der Waals surface area contributed by atoms with Gasteiger partial charge in [0.15, 0.2) is 0 Å². The average molecular weight is 338 g/mol. The lowest BCUT2D eigenvalue weighted by Gasteiger charge is -2.10. The number of nitrogens with zero attached hydrogens (tertiary/aromatic N) is 2. The highest BCUT2D eigenvalue weighted by Gasteiger charge is 2.17. The van der Waals surface area contributed by atoms with Gasteiger partial charge in [-0.1, -0.05) is 12.1 Å². The summed E-state index contributed by atoms with van der Waals surface area (Å²) in [5.74, 6) is -0.202. The first kappa shape index (κ1) is 16.5. The highest BCUT2D eigenvalue weighted by molar-refractivity contribution is 6.06. The van der Waals surface area contributed by atoms with Gasteiger partial charge in [-0.3, -0.25) is 14.3 Å². The van der Waals surface area contributed by atoms with E-state index in [-0.39, 0.29) is 12.5 Å². The Bertz CT molecular complexity index is 962. The molecule has 128 valence electrons. The van der Waals surface area contributed by atoms with Crippen molar-refractivity contribution in [1.29, 1.82) is 0 Å². The van der Waals surface area contributed by atoms with Gasteiger partial charge in [0, 0.05) is 22.8 Å². The average Bonchev–Trinajstić information content (AvgIpc) is 2.96. The first-order valence-electron chi connectivity index (χ1n) is 7.69. The van der Waals surface area contributed by atoms with Crippen molar-refractivity contribution >= 4 is 28.6 Å². The Morgan fingerprint density at radius 1 is 1.28 bits per heavy atom. The third kappa shape index (κ3) is 3.16. The lowest BCUT2D eigenvalue weighted by Crippen LogP contribution is -2.23. The first-order valence-corrected chi connectivity index (χ1v) is 7.69. The fourth-order valence-electron chi connectivity index (χ4n) is 2.75. The normalized spacial score (nSPS) is 10.6. The van der Waals surface area contributed by atoms with E-state index in [0.29, 0.717) is 22.5 Å². The van der Waals surface area contributed by atoms with E-state index in [1.54, 1.807) is 22.8 Å². The number of carbonyl (C=O) groups is 2. The van der Waals surface area contributed by atoms with Crippen LogP contribution in [0.15, 0.2) is 42.6 Å². The minimum atomic E-state index is -0.557. The first-order chi connectivity index (χ1) is 12.0. The summed E-state index contributed by atoms with van der Waals surface area (Å²) in [6.45, 7) is 2.03. The summed E-state index contributed by atoms with van der Waals surface area (Å²) < 4.78 is 6.12. The number of fused-ring (bicyclic) bond motifs is 1. The number of para-hydroxylation sites is 1. The van der Waals surface area contributed by atoms with Crippen molar-refractivity contribution in [3.05, 3.63) is 59.5 Å². The number of nitrogens with one attached hydrogen (secondary N) is 1. The fraction of sp³-hybridized carbons (Fsp3) is 0.167. The van der Waals surface area contributed by atoms with Crippen LogP contribution in [0.2, 0.25) is 0 Å². The number of nitrogen functional groups attached to an aromatic ring is 1. The van der Waals surface area contributed by atoms with E-state index in [4.69, 9.17) is 5.73 Å². The summed E-state index contributed by atoms with van der Waals surface area (Å²) in [5.41, 5.74) is 9.11. The number of hydrogen-bond donors (Lipinski definition) is 2. The number of hydrogen-bond acceptors (Lipinski definition) is 5. The van der Waals surface area contributed by atoms with Gasteiger partial charge in [-0.05, 0) is 31.2 Å². The lowest BCUT2D eigenvalue weighted by molar-refractivity contribution is 0.0963. The smallest absolute Gasteiger partial charge is 0.407 e. The van der Waals surface area contributed by atoms with E-state index in [1.807, 2.05) is 25.1 Å². The van der Waals surface area contributed by atoms with Gasteiger partial charge in [0.25, 0.3) is 5.91 Å². The van der Waals surface area contributed by atoms with Crippen molar-refractivity contribution in [1.82, 2.24) is 14.9 Å². The van der Waals surface area contributed by atoms with Crippen molar-refractivity contribution in [2.24, 2.45) is 0 Å². The molecule has 0 aliphatic heterocycles. The number of aryl methyl sites for hydroxylation is 1. The molecule has 0 aliphatic carbocycles. The molecule has 0 aliphatic rings. The zero-order valence-corrected chi connectivity index (χ0v) is 13.9. The number of alkyl carbamates (subject to hydrolysis) is 1. The van der Waals surface area contributed by atoms with Crippen molar-refractivity contribution < 1.29 is 14.3 Å². The molecule has 7 heteroatoms. The Labute approximate surface area is 144 Å². The molecule has 3 rings (SSSR count). The van der Waals surface area contributed by atoms with Crippen LogP contribution < -0.4 is 11.1 Å². The van der Waals surface area contributed by atoms with Crippen LogP contribution in [0.1, 0.15) is 21.7 Å². The molecule has 0 radical (unpaired) electrons. The van der Waals surface area contributed by atoms with Gasteiger partial charge in [0.2, 0.25) is 0 Å². The number of methoxy groups -OCH3 is 1. The molecule has 0 spiro atoms. The Morgan fingerprint density at radius 2 is 2.08 bits per heavy atom. The molecule has 1 aromatic carbocycles. The van der Waals surface area contributed by atoms with Crippen molar-refractivity contribution in [2.45, 2.75) is 13.5 Å². The molecule has 3 aromatic rings. The molecule has 0 atom stereocenters. The Balaban J connectivity index is 1.97. The van der Waals surface area contributed by atoms with Gasteiger partial charge in [0.1, 0.15) is 0 Å². The number of anilines is 1. The Kier molecular flexibility index (Phi) is 4.38. The van der Waals surface area contributed by atoms with Gasteiger partial charge in [-0.25, -0.2) is 4.79 Å². The van der Waals surface area contributed by atoms with Crippen molar-refractivity contribution in [3.63, 3.8) is 0 Å². The van der Waals surface area contributed by atoms with Crippen LogP contribution in [0.4, 0.5) is 10.5 Å². The molecular formula is C18H18N4O3. The lowest BCUT2D eigenvalue weighted by atomic mass is 10.2. The van der Waals surface area contributed by atoms with E-state index in [2.05, 4.69) is 15.0 Å². The second-order valence-corrected chi connectivity index (χ2v) is 5.59. The number of rotatable bonds is 3. The maximum Gasteiger partial charge on any atom is 0.407 e. The van der Waals surface area contributed by atoms with Gasteiger partial charge in [-0.15, -0.1) is 0 Å². The quantitative estimate of drug-likeness (QED) is 0.715. The van der Waals surface area contributed by atoms with Gasteiger partial charge in [-0.2, -0.15) is 0 Å². The fourth-order valence-corrected chi connectivity index (χ4v) is 2.75. The molecule has 1 amide bonds. The summed E-state index contributed by atoms with van der Waals surface area (Å²) in [5, 5.41) is 3.45. The monoisotopic (exact) mass is 338 g/mol. The van der Waals surface area contributed by atoms with E-state index < -0.39 is 6.09 Å². The SMILES string of the molecule is COC(=O)NCc1cc(C(=O)n2c(C)cc3cccc(N)c32)ccn1. The number of benzene rings is 1. The van der Waals surface area contributed by atoms with E-state index in [0.717, 1.165) is 11.1 Å². The zero-order valence-electron chi connectivity index (χ0n) is 13.9. The second-order valence-electron chi connectivity index (χ2n) is 5.59. The van der Waals surface area contributed by atoms with Crippen LogP contribution in [0.3, 0.4) is 0 Å². The summed E-state index contributed by atoms with van der Waals surface area (Å²) >= 11 is 0. The standard InChI is InChI=1S/C18H18N4O3/c1-11-8-12-4-3-5-15(19)16(12)22(11)17(23)13-6-7-20-14(9-13)10-21-18(24)25-2/h3-9H,10,19H2,1-2H3,(H,21,24). The molecule has 0 fully saturated rings. The van der Waals surface area contributed by atoms with Crippen molar-refractivity contribution in [2.75, 3.05) is 12.8 Å². The minimum Gasteiger partial charge on any atom is -0.453 e. The zero-order chi connectivity index (χ0) is 18.0. The largest absolute Gasteiger partial charge is 0.453 e. The summed E-state index contributed by atoms with van der Waals surface area (Å²) in [6.07, 6.45) is 0.977. The molecule has 3 N–H and O–H groups in total. The minimum absolute atomic E-state index is 0.168. The number of ether oxygens (including phenoxy) is 1. The number of pyridine rings is 1. The summed E-state index contributed by atoms with van der Waals surface area (Å²) in [6, 6.07) is 10.7. The van der Waals surface area contributed by atoms with Crippen LogP contribution >= 0.6 is 0 Å². The summed E-state index contributed by atoms with van der Waals surface area (Å²) in [7, 11) is 1.28. The predicted molar refractivity (Wildman–Crippen MR) is 94.3 cm³/mol. The molecule has 2 heterocycles. The summed E-state index contributed by atoms with van der Waals surface area (Å²) in [4.78, 5) is 28.3. The van der Waals surface area contributed by atoms with E-state index in [9.17, 15) is 9.59 Å². The van der Waals surface area contributed by atoms with Crippen molar-refractivity contribution in [3.8, 4) is 0 Å². The molecule has 0 saturated heterocycles. The third-order valence-corrected chi connectivity index (χ3v) is 3.90. The number of carbonyl (C=O) groups excluding carboxylic acids is 2. The number of aromatic nitrogens is 2. The molecule has 0 saturated carbocycles. The highest BCUT2D eigenvalue weighted by Crippen LogP contribution is 2.26. The van der Waals surface area contributed by atoms with E-state index >= 15 is 0 Å². The van der Waals surface area contributed by atoms with Crippen LogP contribution in [-0.4, -0.2) is 28.7 Å². The highest BCUT2D eigenvalue weighted by atomic mass is 16.5. The molecule has 0 bridgehead atoms. The predicted octanol–water partition coefficient (Wildman–Crippen LogP) is 2.47. The molecule has 0 unspecified atom stereocenters. The van der Waals surface area contributed by atoms with Crippen LogP contribution in [0.25, 0.3) is 10.9 Å². The van der Waals surface area contributed by atoms with E-state index in [1.165, 1.54) is 13.3 Å². The molecule has 2 aromatic heterocycles. The molecular weight excluding hydrogens is 320 g/mol. The molecule has 25 heavy (non-hydrogen) atoms. The Hall–Kier alpha value is -3.35. The van der Waals surface area contributed by atoms with Crippen LogP contribution in [0, 0.1) is 6.92 Å². The third-order valence-electron chi connectivity index (χ3n) is 3.90. The number of nitrogens with two attached hydrogens (primary N) is 1.